The molecular formula is C16H23N3O. The lowest BCUT2D eigenvalue weighted by Gasteiger charge is -2.35. The summed E-state index contributed by atoms with van der Waals surface area (Å²) in [7, 11) is 0. The van der Waals surface area contributed by atoms with E-state index in [0.717, 1.165) is 25.3 Å². The van der Waals surface area contributed by atoms with Crippen molar-refractivity contribution in [1.29, 1.82) is 0 Å². The lowest BCUT2D eigenvalue weighted by molar-refractivity contribution is 0.0592. The van der Waals surface area contributed by atoms with Gasteiger partial charge in [0.05, 0.1) is 0 Å². The zero-order valence-electron chi connectivity index (χ0n) is 12.3. The monoisotopic (exact) mass is 273 g/mol. The smallest absolute Gasteiger partial charge is 0.270 e. The van der Waals surface area contributed by atoms with Crippen LogP contribution in [0.2, 0.25) is 0 Å². The first kappa shape index (κ1) is 12.5. The Balaban J connectivity index is 1.64. The molecule has 1 aromatic rings. The van der Waals surface area contributed by atoms with Gasteiger partial charge in [-0.15, -0.1) is 0 Å². The lowest BCUT2D eigenvalue weighted by atomic mass is 9.85. The molecule has 2 aliphatic heterocycles. The van der Waals surface area contributed by atoms with Crippen LogP contribution in [0.1, 0.15) is 43.2 Å². The minimum Gasteiger partial charge on any atom is -0.340 e. The van der Waals surface area contributed by atoms with Crippen LogP contribution in [0.4, 0.5) is 0 Å². The molecule has 4 heteroatoms. The van der Waals surface area contributed by atoms with Gasteiger partial charge in [0.15, 0.2) is 0 Å². The van der Waals surface area contributed by atoms with Crippen molar-refractivity contribution in [3.63, 3.8) is 0 Å². The molecule has 0 radical (unpaired) electrons. The number of nitrogens with one attached hydrogen (secondary N) is 1. The molecule has 2 atom stereocenters. The summed E-state index contributed by atoms with van der Waals surface area (Å²) in [6.07, 6.45) is 4.50. The second-order valence-corrected chi connectivity index (χ2v) is 7.13. The van der Waals surface area contributed by atoms with Crippen molar-refractivity contribution in [3.8, 4) is 0 Å². The molecule has 4 nitrogen and oxygen atoms in total. The van der Waals surface area contributed by atoms with Crippen LogP contribution in [0.3, 0.4) is 0 Å². The molecule has 4 rings (SSSR count). The van der Waals surface area contributed by atoms with Gasteiger partial charge < -0.3 is 14.8 Å². The van der Waals surface area contributed by atoms with Crippen molar-refractivity contribution in [3.05, 3.63) is 24.0 Å². The molecule has 2 saturated heterocycles. The van der Waals surface area contributed by atoms with Gasteiger partial charge in [0, 0.05) is 37.4 Å². The van der Waals surface area contributed by atoms with Crippen LogP contribution in [0.25, 0.3) is 0 Å². The highest BCUT2D eigenvalue weighted by Crippen LogP contribution is 2.42. The van der Waals surface area contributed by atoms with Crippen LogP contribution in [0, 0.1) is 11.8 Å². The van der Waals surface area contributed by atoms with E-state index in [1.54, 1.807) is 0 Å². The average molecular weight is 273 g/mol. The summed E-state index contributed by atoms with van der Waals surface area (Å²) in [5.74, 6) is 1.44. The van der Waals surface area contributed by atoms with E-state index in [-0.39, 0.29) is 11.4 Å². The number of hydrogen-bond donors (Lipinski definition) is 1. The molecular weight excluding hydrogens is 250 g/mol. The number of aromatic nitrogens is 1. The van der Waals surface area contributed by atoms with Crippen molar-refractivity contribution >= 4 is 5.91 Å². The van der Waals surface area contributed by atoms with Crippen LogP contribution in [-0.4, -0.2) is 40.5 Å². The normalized spacial score (nSPS) is 31.6. The molecule has 1 amide bonds. The van der Waals surface area contributed by atoms with E-state index in [4.69, 9.17) is 0 Å². The summed E-state index contributed by atoms with van der Waals surface area (Å²) in [6, 6.07) is 4.57. The number of hydrogen-bond acceptors (Lipinski definition) is 2. The van der Waals surface area contributed by atoms with E-state index < -0.39 is 0 Å². The highest BCUT2D eigenvalue weighted by Gasteiger charge is 2.51. The molecule has 1 N–H and O–H groups in total. The molecule has 0 aromatic carbocycles. The molecule has 108 valence electrons. The predicted molar refractivity (Wildman–Crippen MR) is 77.7 cm³/mol. The Kier molecular flexibility index (Phi) is 2.56. The quantitative estimate of drug-likeness (QED) is 0.893. The van der Waals surface area contributed by atoms with E-state index >= 15 is 0 Å². The van der Waals surface area contributed by atoms with Gasteiger partial charge in [-0.2, -0.15) is 0 Å². The van der Waals surface area contributed by atoms with Crippen LogP contribution in [-0.2, 0) is 0 Å². The van der Waals surface area contributed by atoms with E-state index in [9.17, 15) is 4.79 Å². The first-order valence-electron chi connectivity index (χ1n) is 7.78. The fourth-order valence-electron chi connectivity index (χ4n) is 4.15. The number of carbonyl (C=O) groups is 1. The fraction of sp³-hybridized carbons (Fsp3) is 0.688. The van der Waals surface area contributed by atoms with Crippen LogP contribution in [0.15, 0.2) is 18.3 Å². The maximum Gasteiger partial charge on any atom is 0.270 e. The minimum atomic E-state index is -0.0378. The third kappa shape index (κ3) is 1.67. The minimum absolute atomic E-state index is 0.0378. The van der Waals surface area contributed by atoms with Crippen molar-refractivity contribution in [2.24, 2.45) is 11.8 Å². The number of nitrogens with zero attached hydrogens (tertiary/aromatic N) is 2. The van der Waals surface area contributed by atoms with E-state index in [2.05, 4.69) is 34.8 Å². The zero-order chi connectivity index (χ0) is 13.9. The zero-order valence-corrected chi connectivity index (χ0v) is 12.3. The summed E-state index contributed by atoms with van der Waals surface area (Å²) >= 11 is 0. The fourth-order valence-corrected chi connectivity index (χ4v) is 4.15. The molecule has 3 heterocycles. The molecule has 0 bridgehead atoms. The summed E-state index contributed by atoms with van der Waals surface area (Å²) in [5.41, 5.74) is 0.845. The standard InChI is InChI=1S/C16H23N3O/c1-16(2)13-9-17-8-11(13)10-19(16)15(20)14-4-3-7-18(14)12-5-6-12/h3-4,7,11-13,17H,5-6,8-10H2,1-2H3. The number of fused-ring (bicyclic) bond motifs is 1. The van der Waals surface area contributed by atoms with Gasteiger partial charge >= 0.3 is 0 Å². The Bertz CT molecular complexity index is 544. The summed E-state index contributed by atoms with van der Waals surface area (Å²) < 4.78 is 2.19. The Morgan fingerprint density at radius 2 is 2.15 bits per heavy atom. The van der Waals surface area contributed by atoms with E-state index in [0.29, 0.717) is 17.9 Å². The first-order chi connectivity index (χ1) is 9.59. The third-order valence-corrected chi connectivity index (χ3v) is 5.54. The molecule has 1 aliphatic carbocycles. The number of carbonyl (C=O) groups excluding carboxylic acids is 1. The Labute approximate surface area is 120 Å². The van der Waals surface area contributed by atoms with Gasteiger partial charge in [-0.25, -0.2) is 0 Å². The predicted octanol–water partition coefficient (Wildman–Crippen LogP) is 1.89. The Morgan fingerprint density at radius 1 is 1.35 bits per heavy atom. The third-order valence-electron chi connectivity index (χ3n) is 5.54. The molecule has 3 aliphatic rings. The number of rotatable bonds is 2. The molecule has 1 saturated carbocycles. The van der Waals surface area contributed by atoms with Crippen LogP contribution < -0.4 is 5.32 Å². The van der Waals surface area contributed by atoms with Crippen LogP contribution >= 0.6 is 0 Å². The SMILES string of the molecule is CC1(C)C2CNCC2CN1C(=O)c1cccn1C1CC1. The van der Waals surface area contributed by atoms with Crippen molar-refractivity contribution in [2.45, 2.75) is 38.3 Å². The van der Waals surface area contributed by atoms with Crippen molar-refractivity contribution in [2.75, 3.05) is 19.6 Å². The summed E-state index contributed by atoms with van der Waals surface area (Å²) in [6.45, 7) is 7.46. The van der Waals surface area contributed by atoms with E-state index in [1.165, 1.54) is 12.8 Å². The second-order valence-electron chi connectivity index (χ2n) is 7.13. The summed E-state index contributed by atoms with van der Waals surface area (Å²) in [5, 5.41) is 3.47. The first-order valence-corrected chi connectivity index (χ1v) is 7.78. The van der Waals surface area contributed by atoms with Gasteiger partial charge in [-0.3, -0.25) is 4.79 Å². The van der Waals surface area contributed by atoms with Gasteiger partial charge in [0.25, 0.3) is 5.91 Å². The van der Waals surface area contributed by atoms with Gasteiger partial charge in [-0.05, 0) is 50.7 Å². The van der Waals surface area contributed by atoms with Gasteiger partial charge in [0.1, 0.15) is 5.69 Å². The molecule has 3 fully saturated rings. The molecule has 20 heavy (non-hydrogen) atoms. The highest BCUT2D eigenvalue weighted by molar-refractivity contribution is 5.93. The maximum atomic E-state index is 13.0. The van der Waals surface area contributed by atoms with Gasteiger partial charge in [0.2, 0.25) is 0 Å². The molecule has 1 aromatic heterocycles. The highest BCUT2D eigenvalue weighted by atomic mass is 16.2. The topological polar surface area (TPSA) is 37.3 Å². The Hall–Kier alpha value is -1.29. The number of likely N-dealkylation sites (tertiary alicyclic amines) is 1. The van der Waals surface area contributed by atoms with E-state index in [1.807, 2.05) is 12.1 Å². The number of amides is 1. The molecule has 0 spiro atoms. The van der Waals surface area contributed by atoms with Crippen molar-refractivity contribution in [1.82, 2.24) is 14.8 Å². The van der Waals surface area contributed by atoms with Gasteiger partial charge in [-0.1, -0.05) is 0 Å². The maximum absolute atomic E-state index is 13.0. The second kappa shape index (κ2) is 4.10. The molecule has 2 unspecified atom stereocenters. The Morgan fingerprint density at radius 3 is 2.85 bits per heavy atom. The largest absolute Gasteiger partial charge is 0.340 e. The summed E-state index contributed by atoms with van der Waals surface area (Å²) in [4.78, 5) is 15.1. The lowest BCUT2D eigenvalue weighted by Crippen LogP contribution is -2.48. The van der Waals surface area contributed by atoms with Crippen molar-refractivity contribution < 1.29 is 4.79 Å². The average Bonchev–Trinajstić information content (AvgIpc) is 2.89. The van der Waals surface area contributed by atoms with Crippen LogP contribution in [0.5, 0.6) is 0 Å².